The zero-order valence-electron chi connectivity index (χ0n) is 11.2. The van der Waals surface area contributed by atoms with Crippen molar-refractivity contribution in [1.82, 2.24) is 5.06 Å². The molecule has 0 rings (SSSR count). The van der Waals surface area contributed by atoms with E-state index in [0.717, 1.165) is 0 Å². The third-order valence-electron chi connectivity index (χ3n) is 2.15. The zero-order chi connectivity index (χ0) is 13.9. The first-order valence-electron chi connectivity index (χ1n) is 5.25. The molecule has 0 aromatic rings. The second-order valence-corrected chi connectivity index (χ2v) is 5.35. The normalized spacial score (nSPS) is 12.7. The van der Waals surface area contributed by atoms with Crippen LogP contribution in [-0.4, -0.2) is 21.7 Å². The van der Waals surface area contributed by atoms with Crippen molar-refractivity contribution >= 4 is 0 Å². The highest BCUT2D eigenvalue weighted by molar-refractivity contribution is 5.11. The van der Waals surface area contributed by atoms with Gasteiger partial charge in [-0.15, -0.1) is 5.06 Å². The molecule has 0 amide bonds. The van der Waals surface area contributed by atoms with Crippen molar-refractivity contribution in [1.29, 1.82) is 15.8 Å². The molecule has 0 fully saturated rings. The van der Waals surface area contributed by atoms with Crippen molar-refractivity contribution in [2.75, 3.05) is 0 Å². The number of rotatable bonds is 4. The van der Waals surface area contributed by atoms with Gasteiger partial charge in [-0.3, -0.25) is 4.84 Å². The van der Waals surface area contributed by atoms with Gasteiger partial charge in [0.2, 0.25) is 0 Å². The molecule has 0 atom stereocenters. The van der Waals surface area contributed by atoms with Crippen LogP contribution in [0.3, 0.4) is 0 Å². The highest BCUT2D eigenvalue weighted by Crippen LogP contribution is 2.28. The molecule has 0 aromatic carbocycles. The molecule has 0 aliphatic carbocycles. The molecule has 0 saturated heterocycles. The van der Waals surface area contributed by atoms with Crippen molar-refractivity contribution in [2.45, 2.75) is 58.2 Å². The molecule has 0 aromatic heterocycles. The maximum absolute atomic E-state index is 9.13. The van der Waals surface area contributed by atoms with Gasteiger partial charge < -0.3 is 0 Å². The van der Waals surface area contributed by atoms with Crippen LogP contribution >= 0.6 is 0 Å². The predicted octanol–water partition coefficient (Wildman–Crippen LogP) is 2.13. The van der Waals surface area contributed by atoms with E-state index >= 15 is 0 Å². The van der Waals surface area contributed by atoms with Crippen molar-refractivity contribution in [2.24, 2.45) is 0 Å². The van der Waals surface area contributed by atoms with E-state index in [2.05, 4.69) is 12.1 Å². The lowest BCUT2D eigenvalue weighted by Crippen LogP contribution is -2.56. The van der Waals surface area contributed by atoms with Crippen LogP contribution in [0.2, 0.25) is 0 Å². The fourth-order valence-corrected chi connectivity index (χ4v) is 1.27. The summed E-state index contributed by atoms with van der Waals surface area (Å²) in [5, 5.41) is 28.5. The molecule has 0 unspecified atom stereocenters. The van der Waals surface area contributed by atoms with Gasteiger partial charge in [0.25, 0.3) is 0 Å². The number of hydroxylamine groups is 2. The van der Waals surface area contributed by atoms with E-state index in [9.17, 15) is 0 Å². The molecule has 92 valence electrons. The summed E-state index contributed by atoms with van der Waals surface area (Å²) < 4.78 is 0. The minimum absolute atomic E-state index is 1.01. The summed E-state index contributed by atoms with van der Waals surface area (Å²) in [5.74, 6) is 0. The minimum atomic E-state index is -1.09. The van der Waals surface area contributed by atoms with E-state index < -0.39 is 16.7 Å². The van der Waals surface area contributed by atoms with Gasteiger partial charge >= 0.3 is 0 Å². The molecule has 0 spiro atoms. The first-order chi connectivity index (χ1) is 7.52. The third kappa shape index (κ3) is 3.71. The van der Waals surface area contributed by atoms with Crippen LogP contribution in [-0.2, 0) is 4.84 Å². The van der Waals surface area contributed by atoms with Gasteiger partial charge in [0, 0.05) is 0 Å². The minimum Gasteiger partial charge on any atom is -0.275 e. The van der Waals surface area contributed by atoms with Crippen molar-refractivity contribution in [3.05, 3.63) is 0 Å². The largest absolute Gasteiger partial charge is 0.275 e. The fourth-order valence-electron chi connectivity index (χ4n) is 1.27. The van der Waals surface area contributed by atoms with Crippen LogP contribution < -0.4 is 0 Å². The lowest BCUT2D eigenvalue weighted by Gasteiger charge is -2.42. The summed E-state index contributed by atoms with van der Waals surface area (Å²) in [6.45, 7) is 9.72. The van der Waals surface area contributed by atoms with Crippen molar-refractivity contribution in [3.63, 3.8) is 0 Å². The monoisotopic (exact) mass is 234 g/mol. The number of hydrogen-bond acceptors (Lipinski definition) is 5. The third-order valence-corrected chi connectivity index (χ3v) is 2.15. The second kappa shape index (κ2) is 4.72. The first kappa shape index (κ1) is 15.4. The van der Waals surface area contributed by atoms with E-state index in [0.29, 0.717) is 0 Å². The van der Waals surface area contributed by atoms with Crippen LogP contribution in [0, 0.1) is 34.0 Å². The topological polar surface area (TPSA) is 83.8 Å². The van der Waals surface area contributed by atoms with Gasteiger partial charge in [-0.2, -0.15) is 15.8 Å². The molecule has 5 nitrogen and oxygen atoms in total. The van der Waals surface area contributed by atoms with E-state index in [1.165, 1.54) is 5.06 Å². The Labute approximate surface area is 103 Å². The average molecular weight is 234 g/mol. The summed E-state index contributed by atoms with van der Waals surface area (Å²) in [4.78, 5) is 5.53. The summed E-state index contributed by atoms with van der Waals surface area (Å²) in [6.07, 6.45) is 0. The Morgan fingerprint density at radius 3 is 1.35 bits per heavy atom. The fraction of sp³-hybridized carbons (Fsp3) is 0.750. The summed E-state index contributed by atoms with van der Waals surface area (Å²) >= 11 is 0. The van der Waals surface area contributed by atoms with Crippen molar-refractivity contribution in [3.8, 4) is 18.2 Å². The zero-order valence-corrected chi connectivity index (χ0v) is 11.2. The van der Waals surface area contributed by atoms with Gasteiger partial charge in [0.1, 0.15) is 11.1 Å². The second-order valence-electron chi connectivity index (χ2n) is 5.35. The summed E-state index contributed by atoms with van der Waals surface area (Å²) in [5.41, 5.74) is -3.11. The Morgan fingerprint density at radius 2 is 1.12 bits per heavy atom. The Bertz CT molecular complexity index is 378. The maximum Gasteiger partial charge on any atom is 0.170 e. The van der Waals surface area contributed by atoms with E-state index in [1.807, 2.05) is 6.07 Å². The van der Waals surface area contributed by atoms with Gasteiger partial charge in [-0.05, 0) is 41.5 Å². The van der Waals surface area contributed by atoms with Gasteiger partial charge in [0.15, 0.2) is 5.60 Å². The number of nitriles is 3. The van der Waals surface area contributed by atoms with Crippen LogP contribution in [0.15, 0.2) is 0 Å². The summed E-state index contributed by atoms with van der Waals surface area (Å²) in [7, 11) is 0. The number of hydrogen-bond donors (Lipinski definition) is 0. The molecule has 0 saturated carbocycles. The van der Waals surface area contributed by atoms with E-state index in [4.69, 9.17) is 20.6 Å². The first-order valence-corrected chi connectivity index (χ1v) is 5.25. The summed E-state index contributed by atoms with van der Waals surface area (Å²) in [6, 6.07) is 6.12. The molecule has 17 heavy (non-hydrogen) atoms. The molecular weight excluding hydrogens is 216 g/mol. The van der Waals surface area contributed by atoms with Crippen LogP contribution in [0.1, 0.15) is 41.5 Å². The lowest BCUT2D eigenvalue weighted by molar-refractivity contribution is -0.280. The molecule has 0 aliphatic rings. The maximum atomic E-state index is 9.13. The van der Waals surface area contributed by atoms with Gasteiger partial charge in [-0.25, -0.2) is 0 Å². The molecule has 5 heteroatoms. The molecule has 0 heterocycles. The smallest absolute Gasteiger partial charge is 0.170 e. The molecular formula is C12H18N4O. The molecule has 0 bridgehead atoms. The molecule has 0 N–H and O–H groups in total. The van der Waals surface area contributed by atoms with Gasteiger partial charge in [-0.1, -0.05) is 0 Å². The molecule has 0 aliphatic heterocycles. The lowest BCUT2D eigenvalue weighted by atomic mass is 9.98. The van der Waals surface area contributed by atoms with E-state index in [-0.39, 0.29) is 0 Å². The Morgan fingerprint density at radius 1 is 0.765 bits per heavy atom. The Hall–Kier alpha value is -1.61. The predicted molar refractivity (Wildman–Crippen MR) is 62.0 cm³/mol. The van der Waals surface area contributed by atoms with Gasteiger partial charge in [0.05, 0.1) is 18.2 Å². The standard InChI is InChI=1S/C12H18N4O/c1-10(2,7-13)16(11(3,4)8-14)17-12(5,6)9-15/h1-6H3. The van der Waals surface area contributed by atoms with E-state index in [1.54, 1.807) is 41.5 Å². The van der Waals surface area contributed by atoms with Crippen LogP contribution in [0.4, 0.5) is 0 Å². The quantitative estimate of drug-likeness (QED) is 0.696. The Balaban J connectivity index is 5.43. The van der Waals surface area contributed by atoms with Crippen LogP contribution in [0.25, 0.3) is 0 Å². The molecule has 0 radical (unpaired) electrons. The Kier molecular flexibility index (Phi) is 4.27. The van der Waals surface area contributed by atoms with Crippen LogP contribution in [0.5, 0.6) is 0 Å². The SMILES string of the molecule is CC(C)(C#N)ON(C(C)(C)C#N)C(C)(C)C#N. The highest BCUT2D eigenvalue weighted by atomic mass is 16.7. The van der Waals surface area contributed by atoms with Crippen molar-refractivity contribution < 1.29 is 4.84 Å². The highest BCUT2D eigenvalue weighted by Gasteiger charge is 2.43. The average Bonchev–Trinajstić information content (AvgIpc) is 2.25. The number of nitrogens with zero attached hydrogens (tertiary/aromatic N) is 4.